The van der Waals surface area contributed by atoms with Crippen LogP contribution in [0.5, 0.6) is 0 Å². The van der Waals surface area contributed by atoms with E-state index < -0.39 is 0 Å². The fourth-order valence-electron chi connectivity index (χ4n) is 4.80. The third kappa shape index (κ3) is 3.91. The average molecular weight is 364 g/mol. The van der Waals surface area contributed by atoms with Gasteiger partial charge in [0.1, 0.15) is 0 Å². The molecule has 1 amide bonds. The number of amides is 1. The van der Waals surface area contributed by atoms with Crippen LogP contribution in [0.3, 0.4) is 0 Å². The zero-order valence-electron chi connectivity index (χ0n) is 16.2. The van der Waals surface area contributed by atoms with E-state index in [9.17, 15) is 4.79 Å². The van der Waals surface area contributed by atoms with Gasteiger partial charge in [-0.15, -0.1) is 0 Å². The van der Waals surface area contributed by atoms with Crippen molar-refractivity contribution in [1.29, 1.82) is 0 Å². The Morgan fingerprint density at radius 2 is 1.89 bits per heavy atom. The number of piperidine rings is 2. The van der Waals surface area contributed by atoms with Gasteiger partial charge in [-0.1, -0.05) is 36.4 Å². The summed E-state index contributed by atoms with van der Waals surface area (Å²) in [6, 6.07) is 14.5. The van der Waals surface area contributed by atoms with Gasteiger partial charge in [-0.05, 0) is 61.9 Å². The van der Waals surface area contributed by atoms with Gasteiger partial charge in [-0.25, -0.2) is 0 Å². The maximum atomic E-state index is 13.0. The van der Waals surface area contributed by atoms with E-state index in [2.05, 4.69) is 52.0 Å². The highest BCUT2D eigenvalue weighted by atomic mass is 16.2. The zero-order chi connectivity index (χ0) is 18.7. The molecule has 1 unspecified atom stereocenters. The second kappa shape index (κ2) is 7.81. The van der Waals surface area contributed by atoms with Crippen LogP contribution in [0.15, 0.2) is 54.9 Å². The van der Waals surface area contributed by atoms with Gasteiger partial charge in [-0.3, -0.25) is 14.7 Å². The van der Waals surface area contributed by atoms with E-state index in [0.717, 1.165) is 39.1 Å². The second-order valence-corrected chi connectivity index (χ2v) is 8.16. The number of carbonyl (C=O) groups is 1. The van der Waals surface area contributed by atoms with Crippen LogP contribution in [0, 0.1) is 5.41 Å². The Labute approximate surface area is 162 Å². The SMILES string of the molecule is CCN1CC2(CCN(Cc3cccnc3)CC2)CC(c2ccccc2)C1=O. The van der Waals surface area contributed by atoms with Crippen molar-refractivity contribution in [1.82, 2.24) is 14.8 Å². The van der Waals surface area contributed by atoms with Crippen molar-refractivity contribution in [3.05, 3.63) is 66.0 Å². The molecular formula is C23H29N3O. The number of aromatic nitrogens is 1. The van der Waals surface area contributed by atoms with E-state index in [-0.39, 0.29) is 11.3 Å². The molecule has 0 radical (unpaired) electrons. The Balaban J connectivity index is 1.47. The smallest absolute Gasteiger partial charge is 0.230 e. The van der Waals surface area contributed by atoms with Crippen molar-refractivity contribution in [2.24, 2.45) is 5.41 Å². The van der Waals surface area contributed by atoms with Crippen molar-refractivity contribution >= 4 is 5.91 Å². The minimum atomic E-state index is 0.0183. The van der Waals surface area contributed by atoms with Crippen LogP contribution in [0.1, 0.15) is 43.2 Å². The van der Waals surface area contributed by atoms with E-state index in [1.165, 1.54) is 24.0 Å². The fraction of sp³-hybridized carbons (Fsp3) is 0.478. The number of hydrogen-bond acceptors (Lipinski definition) is 3. The van der Waals surface area contributed by atoms with Crippen LogP contribution in [-0.4, -0.2) is 46.9 Å². The van der Waals surface area contributed by atoms with Gasteiger partial charge in [0.15, 0.2) is 0 Å². The molecular weight excluding hydrogens is 334 g/mol. The molecule has 1 aromatic heterocycles. The first-order chi connectivity index (χ1) is 13.2. The van der Waals surface area contributed by atoms with Crippen LogP contribution in [-0.2, 0) is 11.3 Å². The maximum absolute atomic E-state index is 13.0. The van der Waals surface area contributed by atoms with Crippen molar-refractivity contribution in [3.8, 4) is 0 Å². The highest BCUT2D eigenvalue weighted by molar-refractivity contribution is 5.84. The maximum Gasteiger partial charge on any atom is 0.230 e. The summed E-state index contributed by atoms with van der Waals surface area (Å²) in [7, 11) is 0. The average Bonchev–Trinajstić information content (AvgIpc) is 2.73. The van der Waals surface area contributed by atoms with Crippen LogP contribution in [0.2, 0.25) is 0 Å². The van der Waals surface area contributed by atoms with E-state index in [4.69, 9.17) is 0 Å². The van der Waals surface area contributed by atoms with Gasteiger partial charge in [0.05, 0.1) is 5.92 Å². The van der Waals surface area contributed by atoms with Crippen molar-refractivity contribution in [3.63, 3.8) is 0 Å². The third-order valence-electron chi connectivity index (χ3n) is 6.40. The third-order valence-corrected chi connectivity index (χ3v) is 6.40. The van der Waals surface area contributed by atoms with Crippen molar-refractivity contribution in [2.75, 3.05) is 26.2 Å². The lowest BCUT2D eigenvalue weighted by atomic mass is 9.67. The minimum Gasteiger partial charge on any atom is -0.342 e. The van der Waals surface area contributed by atoms with Crippen molar-refractivity contribution in [2.45, 2.75) is 38.6 Å². The first-order valence-corrected chi connectivity index (χ1v) is 10.1. The lowest BCUT2D eigenvalue weighted by Crippen LogP contribution is -2.53. The van der Waals surface area contributed by atoms with Crippen LogP contribution in [0.25, 0.3) is 0 Å². The van der Waals surface area contributed by atoms with E-state index >= 15 is 0 Å². The van der Waals surface area contributed by atoms with Crippen LogP contribution in [0.4, 0.5) is 0 Å². The molecule has 2 aliphatic heterocycles. The summed E-state index contributed by atoms with van der Waals surface area (Å²) >= 11 is 0. The molecule has 0 aliphatic carbocycles. The Morgan fingerprint density at radius 3 is 2.56 bits per heavy atom. The normalized spacial score (nSPS) is 22.9. The van der Waals surface area contributed by atoms with Gasteiger partial charge in [0.2, 0.25) is 5.91 Å². The summed E-state index contributed by atoms with van der Waals surface area (Å²) in [5.41, 5.74) is 2.72. The number of nitrogens with zero attached hydrogens (tertiary/aromatic N) is 3. The predicted octanol–water partition coefficient (Wildman–Crippen LogP) is 3.70. The monoisotopic (exact) mass is 363 g/mol. The molecule has 2 fully saturated rings. The molecule has 1 atom stereocenters. The van der Waals surface area contributed by atoms with Gasteiger partial charge in [0.25, 0.3) is 0 Å². The van der Waals surface area contributed by atoms with Gasteiger partial charge < -0.3 is 4.90 Å². The molecule has 142 valence electrons. The summed E-state index contributed by atoms with van der Waals surface area (Å²) in [6.45, 7) is 7.01. The Morgan fingerprint density at radius 1 is 1.11 bits per heavy atom. The minimum absolute atomic E-state index is 0.0183. The molecule has 2 saturated heterocycles. The standard InChI is InChI=1S/C23H29N3O/c1-2-26-18-23(15-21(22(26)27)20-8-4-3-5-9-20)10-13-25(14-11-23)17-19-7-6-12-24-16-19/h3-9,12,16,21H,2,10-11,13-15,17-18H2,1H3. The molecule has 0 bridgehead atoms. The Bertz CT molecular complexity index is 754. The molecule has 2 aliphatic rings. The number of rotatable bonds is 4. The number of pyridine rings is 1. The number of likely N-dealkylation sites (N-methyl/N-ethyl adjacent to an activating group) is 1. The molecule has 0 saturated carbocycles. The van der Waals surface area contributed by atoms with Gasteiger partial charge >= 0.3 is 0 Å². The fourth-order valence-corrected chi connectivity index (χ4v) is 4.80. The Kier molecular flexibility index (Phi) is 5.26. The van der Waals surface area contributed by atoms with Gasteiger partial charge in [0, 0.05) is 32.0 Å². The summed E-state index contributed by atoms with van der Waals surface area (Å²) in [5.74, 6) is 0.330. The summed E-state index contributed by atoms with van der Waals surface area (Å²) in [5, 5.41) is 0. The van der Waals surface area contributed by atoms with E-state index in [1.807, 2.05) is 24.5 Å². The van der Waals surface area contributed by atoms with Crippen molar-refractivity contribution < 1.29 is 4.79 Å². The van der Waals surface area contributed by atoms with E-state index in [1.54, 1.807) is 0 Å². The summed E-state index contributed by atoms with van der Waals surface area (Å²) < 4.78 is 0. The lowest BCUT2D eigenvalue weighted by molar-refractivity contribution is -0.141. The molecule has 4 nitrogen and oxygen atoms in total. The predicted molar refractivity (Wildman–Crippen MR) is 107 cm³/mol. The number of benzene rings is 1. The van der Waals surface area contributed by atoms with Crippen LogP contribution >= 0.6 is 0 Å². The molecule has 2 aromatic rings. The first kappa shape index (κ1) is 18.2. The number of likely N-dealkylation sites (tertiary alicyclic amines) is 2. The molecule has 0 N–H and O–H groups in total. The molecule has 4 heteroatoms. The number of hydrogen-bond donors (Lipinski definition) is 0. The summed E-state index contributed by atoms with van der Waals surface area (Å²) in [6.07, 6.45) is 7.12. The lowest BCUT2D eigenvalue weighted by Gasteiger charge is -2.50. The topological polar surface area (TPSA) is 36.4 Å². The molecule has 1 spiro atoms. The molecule has 3 heterocycles. The summed E-state index contributed by atoms with van der Waals surface area (Å²) in [4.78, 5) is 21.9. The highest BCUT2D eigenvalue weighted by Crippen LogP contribution is 2.45. The second-order valence-electron chi connectivity index (χ2n) is 8.16. The quantitative estimate of drug-likeness (QED) is 0.831. The molecule has 1 aromatic carbocycles. The molecule has 27 heavy (non-hydrogen) atoms. The van der Waals surface area contributed by atoms with E-state index in [0.29, 0.717) is 5.91 Å². The van der Waals surface area contributed by atoms with Gasteiger partial charge in [-0.2, -0.15) is 0 Å². The first-order valence-electron chi connectivity index (χ1n) is 10.1. The Hall–Kier alpha value is -2.20. The molecule has 4 rings (SSSR count). The number of carbonyl (C=O) groups excluding carboxylic acids is 1. The largest absolute Gasteiger partial charge is 0.342 e. The zero-order valence-corrected chi connectivity index (χ0v) is 16.2. The van der Waals surface area contributed by atoms with Crippen LogP contribution < -0.4 is 0 Å². The highest BCUT2D eigenvalue weighted by Gasteiger charge is 2.45.